The number of aromatic nitrogens is 1. The van der Waals surface area contributed by atoms with E-state index in [1.54, 1.807) is 26.8 Å². The normalized spacial score (nSPS) is 18.0. The first-order valence-corrected chi connectivity index (χ1v) is 20.2. The van der Waals surface area contributed by atoms with Crippen LogP contribution in [0.25, 0.3) is 10.9 Å². The van der Waals surface area contributed by atoms with Gasteiger partial charge in [-0.2, -0.15) is 13.2 Å². The summed E-state index contributed by atoms with van der Waals surface area (Å²) in [6.07, 6.45) is -3.91. The summed E-state index contributed by atoms with van der Waals surface area (Å²) in [7, 11) is -4.64. The lowest BCUT2D eigenvalue weighted by Crippen LogP contribution is -2.67. The van der Waals surface area contributed by atoms with E-state index in [1.807, 2.05) is 6.92 Å². The number of hydrogen-bond acceptors (Lipinski definition) is 6. The fourth-order valence-corrected chi connectivity index (χ4v) is 7.20. The van der Waals surface area contributed by atoms with Crippen LogP contribution in [0.2, 0.25) is 0 Å². The number of rotatable bonds is 18. The average Bonchev–Trinajstić information content (AvgIpc) is 3.51. The number of nitrogens with one attached hydrogen (secondary N) is 5. The number of amides is 4. The Morgan fingerprint density at radius 1 is 0.946 bits per heavy atom. The van der Waals surface area contributed by atoms with E-state index < -0.39 is 78.5 Å². The molecule has 0 aliphatic heterocycles. The molecule has 0 radical (unpaired) electrons. The van der Waals surface area contributed by atoms with E-state index in [0.717, 1.165) is 6.07 Å². The molecule has 2 unspecified atom stereocenters. The number of carbonyl (C=O) groups is 4. The van der Waals surface area contributed by atoms with E-state index >= 15 is 0 Å². The van der Waals surface area contributed by atoms with Crippen LogP contribution in [0.4, 0.5) is 17.6 Å². The topological polar surface area (TPSA) is 199 Å². The Balaban J connectivity index is 1.66. The Labute approximate surface area is 322 Å². The minimum Gasteiger partial charge on any atom is -0.358 e. The fourth-order valence-electron chi connectivity index (χ4n) is 6.83. The lowest BCUT2D eigenvalue weighted by atomic mass is 9.78. The lowest BCUT2D eigenvalue weighted by molar-refractivity contribution is -0.139. The van der Waals surface area contributed by atoms with E-state index in [1.165, 1.54) is 30.3 Å². The summed E-state index contributed by atoms with van der Waals surface area (Å²) in [4.78, 5) is 76.3. The molecular weight excluding hydrogens is 761 g/mol. The molecule has 7 N–H and O–H groups in total. The quantitative estimate of drug-likeness (QED) is 0.0530. The summed E-state index contributed by atoms with van der Waals surface area (Å²) in [5.74, 6) is -4.17. The molecule has 1 aromatic heterocycles. The van der Waals surface area contributed by atoms with Crippen LogP contribution in [-0.2, 0) is 53.7 Å². The van der Waals surface area contributed by atoms with Gasteiger partial charge in [-0.1, -0.05) is 70.9 Å². The maximum absolute atomic E-state index is 14.6. The molecule has 4 amide bonds. The minimum atomic E-state index is -4.68. The molecule has 56 heavy (non-hydrogen) atoms. The molecule has 13 nitrogen and oxygen atoms in total. The largest absolute Gasteiger partial charge is 0.469 e. The predicted molar refractivity (Wildman–Crippen MR) is 199 cm³/mol. The number of alkyl halides is 3. The van der Waals surface area contributed by atoms with Crippen molar-refractivity contribution in [2.24, 2.45) is 11.8 Å². The molecule has 1 heterocycles. The van der Waals surface area contributed by atoms with Crippen molar-refractivity contribution in [1.29, 1.82) is 0 Å². The molecule has 0 spiro atoms. The SMILES string of the molecule is CCC(C)[C@H](NC(=O)Cc1ccccc1F)C(=O)N[C@]1(C(=O)N[C@H](C(=O)NCCCCOP(=O)(O)O)C(C)CC)CCc2[nH]c3c(C(F)(F)F)cccc3c2C1. The highest BCUT2D eigenvalue weighted by Crippen LogP contribution is 2.40. The average molecular weight is 812 g/mol. The van der Waals surface area contributed by atoms with Crippen LogP contribution >= 0.6 is 7.82 Å². The van der Waals surface area contributed by atoms with Crippen molar-refractivity contribution in [2.75, 3.05) is 13.2 Å². The summed E-state index contributed by atoms with van der Waals surface area (Å²) < 4.78 is 71.9. The Morgan fingerprint density at radius 3 is 2.23 bits per heavy atom. The summed E-state index contributed by atoms with van der Waals surface area (Å²) in [5, 5.41) is 11.3. The molecule has 0 bridgehead atoms. The number of phosphoric acid groups is 1. The van der Waals surface area contributed by atoms with Crippen molar-refractivity contribution in [2.45, 2.75) is 103 Å². The number of benzene rings is 2. The third-order valence-electron chi connectivity index (χ3n) is 10.4. The van der Waals surface area contributed by atoms with Gasteiger partial charge in [0.05, 0.1) is 24.1 Å². The molecule has 0 saturated heterocycles. The number of hydrogen-bond donors (Lipinski definition) is 7. The molecule has 5 atom stereocenters. The number of aromatic amines is 1. The second kappa shape index (κ2) is 18.8. The second-order valence-electron chi connectivity index (χ2n) is 14.4. The third-order valence-corrected chi connectivity index (χ3v) is 11.0. The van der Waals surface area contributed by atoms with Crippen LogP contribution in [0.1, 0.15) is 82.2 Å². The fraction of sp³-hybridized carbons (Fsp3) is 0.526. The molecule has 1 aliphatic carbocycles. The monoisotopic (exact) mass is 811 g/mol. The number of halogens is 4. The summed E-state index contributed by atoms with van der Waals surface area (Å²) in [5.41, 5.74) is -1.87. The number of H-pyrrole nitrogens is 1. The van der Waals surface area contributed by atoms with Gasteiger partial charge in [-0.3, -0.25) is 23.7 Å². The number of unbranched alkanes of at least 4 members (excludes halogenated alkanes) is 1. The van der Waals surface area contributed by atoms with Crippen molar-refractivity contribution < 1.29 is 55.6 Å². The highest BCUT2D eigenvalue weighted by molar-refractivity contribution is 7.46. The smallest absolute Gasteiger partial charge is 0.358 e. The van der Waals surface area contributed by atoms with Crippen molar-refractivity contribution in [3.8, 4) is 0 Å². The van der Waals surface area contributed by atoms with Gasteiger partial charge in [0.1, 0.15) is 23.4 Å². The summed E-state index contributed by atoms with van der Waals surface area (Å²) in [6.45, 7) is 6.93. The molecule has 3 aromatic rings. The van der Waals surface area contributed by atoms with Crippen LogP contribution in [-0.4, -0.2) is 69.2 Å². The first-order valence-electron chi connectivity index (χ1n) is 18.6. The molecule has 0 saturated carbocycles. The maximum Gasteiger partial charge on any atom is 0.469 e. The van der Waals surface area contributed by atoms with Gasteiger partial charge in [0, 0.05) is 24.0 Å². The zero-order chi connectivity index (χ0) is 41.4. The van der Waals surface area contributed by atoms with Crippen LogP contribution in [0, 0.1) is 17.7 Å². The Hall–Kier alpha value is -4.31. The van der Waals surface area contributed by atoms with Gasteiger partial charge in [0.2, 0.25) is 23.6 Å². The first-order chi connectivity index (χ1) is 26.3. The zero-order valence-corrected chi connectivity index (χ0v) is 32.6. The molecule has 308 valence electrons. The van der Waals surface area contributed by atoms with Gasteiger partial charge < -0.3 is 36.0 Å². The molecule has 0 fully saturated rings. The van der Waals surface area contributed by atoms with Crippen molar-refractivity contribution >= 4 is 42.4 Å². The van der Waals surface area contributed by atoms with Gasteiger partial charge in [0.25, 0.3) is 0 Å². The number of aryl methyl sites for hydroxylation is 1. The maximum atomic E-state index is 14.6. The second-order valence-corrected chi connectivity index (χ2v) is 15.7. The summed E-state index contributed by atoms with van der Waals surface area (Å²) in [6, 6.07) is 7.13. The van der Waals surface area contributed by atoms with Gasteiger partial charge in [0.15, 0.2) is 0 Å². The third kappa shape index (κ3) is 11.2. The molecular formula is C38H50F4N5O8P. The van der Waals surface area contributed by atoms with E-state index in [2.05, 4.69) is 30.8 Å². The van der Waals surface area contributed by atoms with Crippen LogP contribution < -0.4 is 21.3 Å². The van der Waals surface area contributed by atoms with E-state index in [0.29, 0.717) is 30.5 Å². The molecule has 2 aromatic carbocycles. The molecule has 4 rings (SSSR count). The van der Waals surface area contributed by atoms with E-state index in [4.69, 9.17) is 9.79 Å². The van der Waals surface area contributed by atoms with Gasteiger partial charge in [-0.25, -0.2) is 8.96 Å². The van der Waals surface area contributed by atoms with Crippen molar-refractivity contribution in [3.63, 3.8) is 0 Å². The van der Waals surface area contributed by atoms with Gasteiger partial charge in [-0.15, -0.1) is 0 Å². The van der Waals surface area contributed by atoms with Gasteiger partial charge >= 0.3 is 14.0 Å². The van der Waals surface area contributed by atoms with Crippen molar-refractivity contribution in [3.05, 3.63) is 70.7 Å². The molecule has 18 heteroatoms. The van der Waals surface area contributed by atoms with Crippen LogP contribution in [0.3, 0.4) is 0 Å². The lowest BCUT2D eigenvalue weighted by Gasteiger charge is -2.39. The number of para-hydroxylation sites is 1. The highest BCUT2D eigenvalue weighted by Gasteiger charge is 2.47. The zero-order valence-electron chi connectivity index (χ0n) is 31.7. The van der Waals surface area contributed by atoms with E-state index in [-0.39, 0.29) is 61.7 Å². The van der Waals surface area contributed by atoms with Crippen molar-refractivity contribution in [1.82, 2.24) is 26.3 Å². The standard InChI is InChI=1S/C38H50F4N5O8P/c1-5-22(3)31(34(49)43-18-9-10-19-55-56(52,53)54)46-36(51)37(17-16-29-26(21-37)25-13-11-14-27(33(25)44-29)38(40,41)42)47-35(50)32(23(4)6-2)45-30(48)20-24-12-7-8-15-28(24)39/h7-8,11-15,22-23,31-32,44H,5-6,9-10,16-21H2,1-4H3,(H,43,49)(H,45,48)(H,46,51)(H,47,50)(H2,52,53,54)/t22?,23?,31-,32-,37+/m0/s1. The van der Waals surface area contributed by atoms with Crippen LogP contribution in [0.5, 0.6) is 0 Å². The van der Waals surface area contributed by atoms with E-state index in [9.17, 15) is 41.3 Å². The number of fused-ring (bicyclic) bond motifs is 3. The number of carbonyl (C=O) groups excluding carboxylic acids is 4. The Kier molecular flexibility index (Phi) is 14.9. The highest BCUT2D eigenvalue weighted by atomic mass is 31.2. The first kappa shape index (κ1) is 44.4. The minimum absolute atomic E-state index is 0.0551. The molecule has 1 aliphatic rings. The summed E-state index contributed by atoms with van der Waals surface area (Å²) >= 11 is 0. The predicted octanol–water partition coefficient (Wildman–Crippen LogP) is 4.98. The van der Waals surface area contributed by atoms with Crippen LogP contribution in [0.15, 0.2) is 42.5 Å². The Bertz CT molecular complexity index is 1930. The number of phosphoric ester groups is 1. The Morgan fingerprint density at radius 2 is 1.61 bits per heavy atom. The van der Waals surface area contributed by atoms with Gasteiger partial charge in [-0.05, 0) is 60.8 Å².